The number of benzene rings is 1. The number of halogens is 4. The van der Waals surface area contributed by atoms with E-state index in [2.05, 4.69) is 0 Å². The van der Waals surface area contributed by atoms with E-state index in [9.17, 15) is 22.4 Å². The van der Waals surface area contributed by atoms with Crippen LogP contribution >= 0.6 is 0 Å². The number of carboxylic acids is 1. The highest BCUT2D eigenvalue weighted by Gasteiger charge is 2.44. The summed E-state index contributed by atoms with van der Waals surface area (Å²) >= 11 is 0. The second kappa shape index (κ2) is 4.73. The van der Waals surface area contributed by atoms with Crippen molar-refractivity contribution >= 4 is 5.97 Å². The molecule has 0 aromatic heterocycles. The summed E-state index contributed by atoms with van der Waals surface area (Å²) in [6, 6.07) is 3.98. The van der Waals surface area contributed by atoms with Crippen molar-refractivity contribution in [3.05, 3.63) is 35.6 Å². The molecule has 94 valence electrons. The van der Waals surface area contributed by atoms with Gasteiger partial charge < -0.3 is 5.11 Å². The van der Waals surface area contributed by atoms with Crippen LogP contribution in [0.25, 0.3) is 0 Å². The largest absolute Gasteiger partial charge is 0.481 e. The molecule has 0 bridgehead atoms. The summed E-state index contributed by atoms with van der Waals surface area (Å²) in [7, 11) is 0. The van der Waals surface area contributed by atoms with E-state index in [0.29, 0.717) is 0 Å². The van der Waals surface area contributed by atoms with Gasteiger partial charge in [0.25, 0.3) is 0 Å². The third-order valence-electron chi connectivity index (χ3n) is 2.51. The number of carboxylic acid groups (broad SMARTS) is 1. The van der Waals surface area contributed by atoms with E-state index >= 15 is 0 Å². The van der Waals surface area contributed by atoms with Crippen molar-refractivity contribution in [1.29, 1.82) is 0 Å². The van der Waals surface area contributed by atoms with Crippen molar-refractivity contribution in [3.63, 3.8) is 0 Å². The third kappa shape index (κ3) is 3.18. The second-order valence-electron chi connectivity index (χ2n) is 3.70. The van der Waals surface area contributed by atoms with Gasteiger partial charge in [0.1, 0.15) is 5.82 Å². The van der Waals surface area contributed by atoms with E-state index in [4.69, 9.17) is 5.11 Å². The number of alkyl halides is 3. The first-order valence-electron chi connectivity index (χ1n) is 4.78. The van der Waals surface area contributed by atoms with Crippen LogP contribution in [0, 0.1) is 11.7 Å². The highest BCUT2D eigenvalue weighted by molar-refractivity contribution is 5.76. The van der Waals surface area contributed by atoms with Gasteiger partial charge in [-0.15, -0.1) is 0 Å². The molecule has 0 aliphatic heterocycles. The van der Waals surface area contributed by atoms with Crippen LogP contribution in [0.5, 0.6) is 0 Å². The van der Waals surface area contributed by atoms with Crippen molar-refractivity contribution in [3.8, 4) is 0 Å². The van der Waals surface area contributed by atoms with E-state index < -0.39 is 29.8 Å². The van der Waals surface area contributed by atoms with Crippen LogP contribution in [0.4, 0.5) is 17.6 Å². The Bertz CT molecular complexity index is 397. The molecule has 1 aromatic rings. The minimum absolute atomic E-state index is 0.0660. The van der Waals surface area contributed by atoms with Crippen molar-refractivity contribution < 1.29 is 27.5 Å². The standard InChI is InChI=1S/C11H10F4O2/c1-6(11(13,14)15)9(10(16)17)7-2-4-8(12)5-3-7/h2-6,9H,1H3,(H,16,17). The van der Waals surface area contributed by atoms with Gasteiger partial charge in [0.15, 0.2) is 0 Å². The molecular weight excluding hydrogens is 240 g/mol. The van der Waals surface area contributed by atoms with Crippen molar-refractivity contribution in [1.82, 2.24) is 0 Å². The highest BCUT2D eigenvalue weighted by Crippen LogP contribution is 2.37. The quantitative estimate of drug-likeness (QED) is 0.836. The Morgan fingerprint density at radius 2 is 1.71 bits per heavy atom. The summed E-state index contributed by atoms with van der Waals surface area (Å²) in [4.78, 5) is 10.9. The second-order valence-corrected chi connectivity index (χ2v) is 3.70. The van der Waals surface area contributed by atoms with Crippen LogP contribution in [-0.4, -0.2) is 17.3 Å². The fourth-order valence-corrected chi connectivity index (χ4v) is 1.50. The first kappa shape index (κ1) is 13.5. The Kier molecular flexibility index (Phi) is 3.75. The molecule has 0 spiro atoms. The molecule has 17 heavy (non-hydrogen) atoms. The van der Waals surface area contributed by atoms with E-state index in [1.807, 2.05) is 0 Å². The molecule has 0 heterocycles. The van der Waals surface area contributed by atoms with Crippen LogP contribution < -0.4 is 0 Å². The average molecular weight is 250 g/mol. The molecule has 0 radical (unpaired) electrons. The topological polar surface area (TPSA) is 37.3 Å². The summed E-state index contributed by atoms with van der Waals surface area (Å²) in [6.45, 7) is 0.794. The van der Waals surface area contributed by atoms with Crippen LogP contribution in [0.3, 0.4) is 0 Å². The van der Waals surface area contributed by atoms with Crippen LogP contribution in [0.1, 0.15) is 18.4 Å². The maximum atomic E-state index is 12.6. The highest BCUT2D eigenvalue weighted by atomic mass is 19.4. The molecule has 1 aromatic carbocycles. The molecule has 0 fully saturated rings. The molecule has 2 unspecified atom stereocenters. The fraction of sp³-hybridized carbons (Fsp3) is 0.364. The summed E-state index contributed by atoms with van der Waals surface area (Å²) < 4.78 is 50.1. The molecule has 6 heteroatoms. The van der Waals surface area contributed by atoms with Gasteiger partial charge in [-0.3, -0.25) is 4.79 Å². The number of aliphatic carboxylic acids is 1. The molecule has 0 amide bonds. The van der Waals surface area contributed by atoms with Gasteiger partial charge in [-0.25, -0.2) is 4.39 Å². The summed E-state index contributed by atoms with van der Waals surface area (Å²) in [5, 5.41) is 8.84. The van der Waals surface area contributed by atoms with Crippen LogP contribution in [-0.2, 0) is 4.79 Å². The Hall–Kier alpha value is -1.59. The molecule has 0 saturated heterocycles. The van der Waals surface area contributed by atoms with Crippen molar-refractivity contribution in [2.45, 2.75) is 19.0 Å². The predicted octanol–water partition coefficient (Wildman–Crippen LogP) is 3.19. The van der Waals surface area contributed by atoms with Crippen LogP contribution in [0.15, 0.2) is 24.3 Å². The first-order chi connectivity index (χ1) is 7.73. The molecule has 1 N–H and O–H groups in total. The van der Waals surface area contributed by atoms with Gasteiger partial charge in [0.05, 0.1) is 11.8 Å². The zero-order chi connectivity index (χ0) is 13.2. The zero-order valence-corrected chi connectivity index (χ0v) is 8.83. The first-order valence-corrected chi connectivity index (χ1v) is 4.78. The van der Waals surface area contributed by atoms with E-state index in [-0.39, 0.29) is 5.56 Å². The lowest BCUT2D eigenvalue weighted by molar-refractivity contribution is -0.183. The minimum atomic E-state index is -4.61. The molecule has 2 nitrogen and oxygen atoms in total. The van der Waals surface area contributed by atoms with Gasteiger partial charge >= 0.3 is 12.1 Å². The maximum Gasteiger partial charge on any atom is 0.392 e. The number of hydrogen-bond donors (Lipinski definition) is 1. The van der Waals surface area contributed by atoms with Gasteiger partial charge in [0.2, 0.25) is 0 Å². The van der Waals surface area contributed by atoms with Gasteiger partial charge in [-0.1, -0.05) is 19.1 Å². The average Bonchev–Trinajstić information content (AvgIpc) is 2.19. The SMILES string of the molecule is CC(C(C(=O)O)c1ccc(F)cc1)C(F)(F)F. The summed E-state index contributed by atoms with van der Waals surface area (Å²) in [5.41, 5.74) is -0.0660. The lowest BCUT2D eigenvalue weighted by Crippen LogP contribution is -2.31. The molecule has 0 saturated carbocycles. The molecule has 2 atom stereocenters. The normalized spacial score (nSPS) is 15.4. The Morgan fingerprint density at radius 1 is 1.24 bits per heavy atom. The lowest BCUT2D eigenvalue weighted by atomic mass is 9.87. The molecule has 1 rings (SSSR count). The Morgan fingerprint density at radius 3 is 2.06 bits per heavy atom. The molecule has 0 aliphatic carbocycles. The lowest BCUT2D eigenvalue weighted by Gasteiger charge is -2.22. The van der Waals surface area contributed by atoms with Gasteiger partial charge in [0, 0.05) is 0 Å². The Balaban J connectivity index is 3.10. The maximum absolute atomic E-state index is 12.6. The number of rotatable bonds is 3. The van der Waals surface area contributed by atoms with Crippen LogP contribution in [0.2, 0.25) is 0 Å². The molecular formula is C11H10F4O2. The number of hydrogen-bond acceptors (Lipinski definition) is 1. The van der Waals surface area contributed by atoms with E-state index in [1.54, 1.807) is 0 Å². The smallest absolute Gasteiger partial charge is 0.392 e. The van der Waals surface area contributed by atoms with Crippen molar-refractivity contribution in [2.75, 3.05) is 0 Å². The van der Waals surface area contributed by atoms with Crippen molar-refractivity contribution in [2.24, 2.45) is 5.92 Å². The third-order valence-corrected chi connectivity index (χ3v) is 2.51. The summed E-state index contributed by atoms with van der Waals surface area (Å²) in [5.74, 6) is -5.97. The van der Waals surface area contributed by atoms with Gasteiger partial charge in [-0.2, -0.15) is 13.2 Å². The van der Waals surface area contributed by atoms with E-state index in [1.165, 1.54) is 0 Å². The van der Waals surface area contributed by atoms with Gasteiger partial charge in [-0.05, 0) is 17.7 Å². The summed E-state index contributed by atoms with van der Waals surface area (Å²) in [6.07, 6.45) is -4.61. The fourth-order valence-electron chi connectivity index (χ4n) is 1.50. The zero-order valence-electron chi connectivity index (χ0n) is 8.83. The molecule has 0 aliphatic rings. The Labute approximate surface area is 94.9 Å². The monoisotopic (exact) mass is 250 g/mol. The number of carbonyl (C=O) groups is 1. The minimum Gasteiger partial charge on any atom is -0.481 e. The predicted molar refractivity (Wildman–Crippen MR) is 52.0 cm³/mol. The van der Waals surface area contributed by atoms with E-state index in [0.717, 1.165) is 31.2 Å².